The molecule has 0 unspecified atom stereocenters. The monoisotopic (exact) mass is 220 g/mol. The number of hydrogen-bond donors (Lipinski definition) is 3. The summed E-state index contributed by atoms with van der Waals surface area (Å²) in [5, 5.41) is 4.19. The van der Waals surface area contributed by atoms with Crippen molar-refractivity contribution in [1.29, 1.82) is 0 Å². The Morgan fingerprint density at radius 2 is 2.00 bits per heavy atom. The lowest BCUT2D eigenvalue weighted by molar-refractivity contribution is 0.801. The first-order valence-corrected chi connectivity index (χ1v) is 4.62. The summed E-state index contributed by atoms with van der Waals surface area (Å²) in [6.07, 6.45) is 0. The van der Waals surface area contributed by atoms with Crippen molar-refractivity contribution in [3.8, 4) is 5.82 Å². The SMILES string of the molecule is Cc1nc(C)n(-c2cc(NN)nc(N)n2)n1. The van der Waals surface area contributed by atoms with Gasteiger partial charge in [0, 0.05) is 6.07 Å². The number of hydrazine groups is 1. The molecule has 0 fully saturated rings. The first kappa shape index (κ1) is 10.3. The fourth-order valence-corrected chi connectivity index (χ4v) is 1.37. The van der Waals surface area contributed by atoms with Crippen molar-refractivity contribution < 1.29 is 0 Å². The summed E-state index contributed by atoms with van der Waals surface area (Å²) in [5.74, 6) is 7.73. The molecule has 0 amide bonds. The van der Waals surface area contributed by atoms with Crippen LogP contribution in [0.25, 0.3) is 5.82 Å². The molecule has 2 aromatic rings. The topological polar surface area (TPSA) is 121 Å². The highest BCUT2D eigenvalue weighted by atomic mass is 15.4. The molecular formula is C8H12N8. The van der Waals surface area contributed by atoms with Gasteiger partial charge in [0.1, 0.15) is 17.5 Å². The van der Waals surface area contributed by atoms with Crippen LogP contribution in [-0.4, -0.2) is 24.7 Å². The van der Waals surface area contributed by atoms with Crippen LogP contribution in [0.1, 0.15) is 11.6 Å². The quantitative estimate of drug-likeness (QED) is 0.462. The third-order valence-corrected chi connectivity index (χ3v) is 1.97. The minimum absolute atomic E-state index is 0.123. The first-order valence-electron chi connectivity index (χ1n) is 4.62. The zero-order chi connectivity index (χ0) is 11.7. The number of aromatic nitrogens is 5. The number of nitrogens with zero attached hydrogens (tertiary/aromatic N) is 5. The van der Waals surface area contributed by atoms with Gasteiger partial charge in [-0.1, -0.05) is 0 Å². The molecule has 0 aliphatic heterocycles. The number of anilines is 2. The van der Waals surface area contributed by atoms with Gasteiger partial charge in [-0.3, -0.25) is 0 Å². The molecule has 16 heavy (non-hydrogen) atoms. The van der Waals surface area contributed by atoms with Crippen molar-refractivity contribution in [1.82, 2.24) is 24.7 Å². The van der Waals surface area contributed by atoms with Gasteiger partial charge in [0.15, 0.2) is 5.82 Å². The van der Waals surface area contributed by atoms with Crippen LogP contribution in [0.3, 0.4) is 0 Å². The largest absolute Gasteiger partial charge is 0.368 e. The molecule has 2 aromatic heterocycles. The van der Waals surface area contributed by atoms with Gasteiger partial charge in [-0.25, -0.2) is 10.8 Å². The van der Waals surface area contributed by atoms with Crippen LogP contribution >= 0.6 is 0 Å². The molecule has 84 valence electrons. The molecule has 0 saturated heterocycles. The summed E-state index contributed by atoms with van der Waals surface area (Å²) in [4.78, 5) is 12.1. The van der Waals surface area contributed by atoms with Gasteiger partial charge in [-0.2, -0.15) is 14.6 Å². The lowest BCUT2D eigenvalue weighted by Crippen LogP contribution is -2.13. The van der Waals surface area contributed by atoms with Gasteiger partial charge >= 0.3 is 0 Å². The lowest BCUT2D eigenvalue weighted by Gasteiger charge is -2.05. The van der Waals surface area contributed by atoms with E-state index in [1.165, 1.54) is 0 Å². The predicted molar refractivity (Wildman–Crippen MR) is 58.6 cm³/mol. The third kappa shape index (κ3) is 1.77. The number of hydrogen-bond acceptors (Lipinski definition) is 7. The number of nitrogen functional groups attached to an aromatic ring is 2. The molecule has 0 aliphatic rings. The third-order valence-electron chi connectivity index (χ3n) is 1.97. The van der Waals surface area contributed by atoms with E-state index in [4.69, 9.17) is 11.6 Å². The number of nitrogens with two attached hydrogens (primary N) is 2. The van der Waals surface area contributed by atoms with Crippen molar-refractivity contribution in [3.63, 3.8) is 0 Å². The average molecular weight is 220 g/mol. The molecule has 2 rings (SSSR count). The van der Waals surface area contributed by atoms with Crippen LogP contribution in [-0.2, 0) is 0 Å². The summed E-state index contributed by atoms with van der Waals surface area (Å²) in [5.41, 5.74) is 7.96. The molecule has 2 heterocycles. The van der Waals surface area contributed by atoms with Crippen LogP contribution in [0, 0.1) is 13.8 Å². The zero-order valence-corrected chi connectivity index (χ0v) is 8.97. The van der Waals surface area contributed by atoms with Gasteiger partial charge in [0.2, 0.25) is 5.95 Å². The normalized spacial score (nSPS) is 10.4. The van der Waals surface area contributed by atoms with Gasteiger partial charge in [-0.05, 0) is 13.8 Å². The van der Waals surface area contributed by atoms with E-state index in [0.717, 1.165) is 5.82 Å². The van der Waals surface area contributed by atoms with Gasteiger partial charge in [0.05, 0.1) is 0 Å². The highest BCUT2D eigenvalue weighted by Crippen LogP contribution is 2.12. The molecule has 8 heteroatoms. The summed E-state index contributed by atoms with van der Waals surface area (Å²) in [7, 11) is 0. The minimum atomic E-state index is 0.123. The molecule has 0 aliphatic carbocycles. The van der Waals surface area contributed by atoms with E-state index in [0.29, 0.717) is 17.5 Å². The Kier molecular flexibility index (Phi) is 2.41. The second kappa shape index (κ2) is 3.74. The summed E-state index contributed by atoms with van der Waals surface area (Å²) < 4.78 is 1.58. The Labute approximate surface area is 91.7 Å². The zero-order valence-electron chi connectivity index (χ0n) is 8.97. The van der Waals surface area contributed by atoms with Crippen molar-refractivity contribution >= 4 is 11.8 Å². The van der Waals surface area contributed by atoms with Crippen LogP contribution < -0.4 is 17.0 Å². The van der Waals surface area contributed by atoms with Crippen LogP contribution in [0.4, 0.5) is 11.8 Å². The number of rotatable bonds is 2. The number of nitrogens with one attached hydrogen (secondary N) is 1. The van der Waals surface area contributed by atoms with Crippen molar-refractivity contribution in [2.45, 2.75) is 13.8 Å². The van der Waals surface area contributed by atoms with Crippen molar-refractivity contribution in [3.05, 3.63) is 17.7 Å². The lowest BCUT2D eigenvalue weighted by atomic mass is 10.5. The second-order valence-electron chi connectivity index (χ2n) is 3.23. The van der Waals surface area contributed by atoms with E-state index in [1.54, 1.807) is 17.7 Å². The van der Waals surface area contributed by atoms with Crippen LogP contribution in [0.2, 0.25) is 0 Å². The predicted octanol–water partition coefficient (Wildman–Crippen LogP) is -0.458. The molecule has 0 aromatic carbocycles. The molecule has 0 spiro atoms. The van der Waals surface area contributed by atoms with E-state index in [1.807, 2.05) is 6.92 Å². The summed E-state index contributed by atoms with van der Waals surface area (Å²) in [6, 6.07) is 1.64. The van der Waals surface area contributed by atoms with Gasteiger partial charge < -0.3 is 11.2 Å². The maximum atomic E-state index is 5.55. The molecule has 0 bridgehead atoms. The highest BCUT2D eigenvalue weighted by molar-refractivity contribution is 5.44. The van der Waals surface area contributed by atoms with Crippen LogP contribution in [0.15, 0.2) is 6.07 Å². The Bertz CT molecular complexity index is 517. The van der Waals surface area contributed by atoms with E-state index < -0.39 is 0 Å². The van der Waals surface area contributed by atoms with E-state index >= 15 is 0 Å². The fraction of sp³-hybridized carbons (Fsp3) is 0.250. The maximum Gasteiger partial charge on any atom is 0.224 e. The van der Waals surface area contributed by atoms with E-state index in [-0.39, 0.29) is 5.95 Å². The Morgan fingerprint density at radius 3 is 2.56 bits per heavy atom. The van der Waals surface area contributed by atoms with Crippen molar-refractivity contribution in [2.75, 3.05) is 11.2 Å². The minimum Gasteiger partial charge on any atom is -0.368 e. The molecule has 8 nitrogen and oxygen atoms in total. The average Bonchev–Trinajstić information content (AvgIpc) is 2.57. The van der Waals surface area contributed by atoms with E-state index in [9.17, 15) is 0 Å². The summed E-state index contributed by atoms with van der Waals surface area (Å²) in [6.45, 7) is 3.63. The Hall–Kier alpha value is -2.22. The fourth-order valence-electron chi connectivity index (χ4n) is 1.37. The molecule has 5 N–H and O–H groups in total. The van der Waals surface area contributed by atoms with Gasteiger partial charge in [-0.15, -0.1) is 5.10 Å². The molecule has 0 saturated carbocycles. The Morgan fingerprint density at radius 1 is 1.25 bits per heavy atom. The van der Waals surface area contributed by atoms with E-state index in [2.05, 4.69) is 25.5 Å². The molecular weight excluding hydrogens is 208 g/mol. The highest BCUT2D eigenvalue weighted by Gasteiger charge is 2.08. The summed E-state index contributed by atoms with van der Waals surface area (Å²) >= 11 is 0. The Balaban J connectivity index is 2.55. The maximum absolute atomic E-state index is 5.55. The van der Waals surface area contributed by atoms with Crippen molar-refractivity contribution in [2.24, 2.45) is 5.84 Å². The first-order chi connectivity index (χ1) is 7.60. The molecule has 0 radical (unpaired) electrons. The van der Waals surface area contributed by atoms with Crippen LogP contribution in [0.5, 0.6) is 0 Å². The number of aryl methyl sites for hydroxylation is 2. The molecule has 0 atom stereocenters. The smallest absolute Gasteiger partial charge is 0.224 e. The van der Waals surface area contributed by atoms with Gasteiger partial charge in [0.25, 0.3) is 0 Å². The standard InChI is InChI=1S/C8H12N8/c1-4-11-5(2)16(15-4)7-3-6(14-10)12-8(9)13-7/h3H,10H2,1-2H3,(H3,9,12,13,14). The second-order valence-corrected chi connectivity index (χ2v) is 3.23.